The number of aromatic nitrogens is 2. The minimum absolute atomic E-state index is 0.653. The molecule has 104 valence electrons. The van der Waals surface area contributed by atoms with Crippen molar-refractivity contribution in [1.82, 2.24) is 15.3 Å². The number of rotatable bonds is 7. The van der Waals surface area contributed by atoms with Crippen LogP contribution in [0.1, 0.15) is 45.1 Å². The average Bonchev–Trinajstić information content (AvgIpc) is 3.28. The van der Waals surface area contributed by atoms with Gasteiger partial charge in [0.2, 0.25) is 5.95 Å². The molecule has 0 saturated heterocycles. The molecule has 0 radical (unpaired) electrons. The van der Waals surface area contributed by atoms with Gasteiger partial charge < -0.3 is 10.2 Å². The highest BCUT2D eigenvalue weighted by Crippen LogP contribution is 2.30. The van der Waals surface area contributed by atoms with Gasteiger partial charge in [-0.3, -0.25) is 0 Å². The Bertz CT molecular complexity index is 407. The molecule has 1 aromatic rings. The minimum Gasteiger partial charge on any atom is -0.338 e. The van der Waals surface area contributed by atoms with E-state index in [4.69, 9.17) is 0 Å². The molecule has 3 rings (SSSR count). The molecule has 0 bridgehead atoms. The summed E-state index contributed by atoms with van der Waals surface area (Å²) in [4.78, 5) is 11.5. The van der Waals surface area contributed by atoms with Gasteiger partial charge in [-0.2, -0.15) is 0 Å². The third-order valence-electron chi connectivity index (χ3n) is 3.67. The highest BCUT2D eigenvalue weighted by Gasteiger charge is 2.31. The zero-order valence-electron chi connectivity index (χ0n) is 12.0. The zero-order chi connectivity index (χ0) is 13.2. The fraction of sp³-hybridized carbons (Fsp3) is 0.733. The Balaban J connectivity index is 1.61. The molecule has 4 heteroatoms. The number of nitrogens with one attached hydrogen (secondary N) is 1. The molecule has 2 aliphatic rings. The van der Waals surface area contributed by atoms with Gasteiger partial charge in [0.15, 0.2) is 0 Å². The summed E-state index contributed by atoms with van der Waals surface area (Å²) >= 11 is 0. The molecule has 0 spiro atoms. The van der Waals surface area contributed by atoms with E-state index in [0.29, 0.717) is 12.0 Å². The molecule has 19 heavy (non-hydrogen) atoms. The minimum atomic E-state index is 0.653. The van der Waals surface area contributed by atoms with E-state index in [2.05, 4.69) is 34.0 Å². The Morgan fingerprint density at radius 2 is 1.89 bits per heavy atom. The maximum Gasteiger partial charge on any atom is 0.225 e. The Labute approximate surface area is 115 Å². The maximum atomic E-state index is 4.57. The largest absolute Gasteiger partial charge is 0.338 e. The molecule has 4 nitrogen and oxygen atoms in total. The summed E-state index contributed by atoms with van der Waals surface area (Å²) in [7, 11) is 0. The van der Waals surface area contributed by atoms with Crippen LogP contribution in [0.2, 0.25) is 0 Å². The Hall–Kier alpha value is -1.16. The van der Waals surface area contributed by atoms with E-state index < -0.39 is 0 Å². The van der Waals surface area contributed by atoms with Crippen molar-refractivity contribution in [2.45, 2.75) is 58.2 Å². The lowest BCUT2D eigenvalue weighted by molar-refractivity contribution is 0.596. The molecular formula is C15H24N4. The second-order valence-electron chi connectivity index (χ2n) is 6.32. The van der Waals surface area contributed by atoms with Crippen molar-refractivity contribution in [3.05, 3.63) is 18.0 Å². The van der Waals surface area contributed by atoms with Crippen molar-refractivity contribution in [1.29, 1.82) is 0 Å². The van der Waals surface area contributed by atoms with E-state index >= 15 is 0 Å². The molecule has 0 atom stereocenters. The van der Waals surface area contributed by atoms with Crippen LogP contribution < -0.4 is 10.2 Å². The molecule has 1 aromatic heterocycles. The number of nitrogens with zero attached hydrogens (tertiary/aromatic N) is 3. The standard InChI is InChI=1S/C15H24N4/c1-11(2)10-19(14-5-6-14)15-17-8-12(9-18-15)7-16-13-3-4-13/h8-9,11,13-14,16H,3-7,10H2,1-2H3. The van der Waals surface area contributed by atoms with E-state index in [1.54, 1.807) is 0 Å². The Morgan fingerprint density at radius 1 is 1.21 bits per heavy atom. The topological polar surface area (TPSA) is 41.1 Å². The lowest BCUT2D eigenvalue weighted by Gasteiger charge is -2.24. The SMILES string of the molecule is CC(C)CN(c1ncc(CNC2CC2)cn1)C1CC1. The predicted molar refractivity (Wildman–Crippen MR) is 77.1 cm³/mol. The van der Waals surface area contributed by atoms with Gasteiger partial charge in [-0.25, -0.2) is 9.97 Å². The summed E-state index contributed by atoms with van der Waals surface area (Å²) in [5.41, 5.74) is 1.19. The quantitative estimate of drug-likeness (QED) is 0.817. The van der Waals surface area contributed by atoms with Crippen molar-refractivity contribution in [3.63, 3.8) is 0 Å². The highest BCUT2D eigenvalue weighted by atomic mass is 15.3. The Morgan fingerprint density at radius 3 is 2.42 bits per heavy atom. The summed E-state index contributed by atoms with van der Waals surface area (Å²) in [6.45, 7) is 6.47. The predicted octanol–water partition coefficient (Wildman–Crippen LogP) is 2.35. The van der Waals surface area contributed by atoms with E-state index in [9.17, 15) is 0 Å². The number of hydrogen-bond donors (Lipinski definition) is 1. The maximum absolute atomic E-state index is 4.57. The summed E-state index contributed by atoms with van der Waals surface area (Å²) in [5, 5.41) is 3.50. The molecular weight excluding hydrogens is 236 g/mol. The van der Waals surface area contributed by atoms with E-state index in [-0.39, 0.29) is 0 Å². The molecule has 0 aromatic carbocycles. The van der Waals surface area contributed by atoms with Gasteiger partial charge in [0.1, 0.15) is 0 Å². The first kappa shape index (κ1) is 12.9. The van der Waals surface area contributed by atoms with Crippen molar-refractivity contribution in [3.8, 4) is 0 Å². The normalized spacial score (nSPS) is 18.9. The Kier molecular flexibility index (Phi) is 3.69. The van der Waals surface area contributed by atoms with Crippen LogP contribution in [0.5, 0.6) is 0 Å². The van der Waals surface area contributed by atoms with Gasteiger partial charge in [-0.1, -0.05) is 13.8 Å². The lowest BCUT2D eigenvalue weighted by Crippen LogP contribution is -2.31. The second-order valence-corrected chi connectivity index (χ2v) is 6.32. The second kappa shape index (κ2) is 5.45. The molecule has 2 saturated carbocycles. The fourth-order valence-corrected chi connectivity index (χ4v) is 2.31. The van der Waals surface area contributed by atoms with Gasteiger partial charge in [0.25, 0.3) is 0 Å². The van der Waals surface area contributed by atoms with Crippen LogP contribution in [0.15, 0.2) is 12.4 Å². The summed E-state index contributed by atoms with van der Waals surface area (Å²) in [6, 6.07) is 1.42. The monoisotopic (exact) mass is 260 g/mol. The van der Waals surface area contributed by atoms with E-state index in [1.807, 2.05) is 12.4 Å². The van der Waals surface area contributed by atoms with Gasteiger partial charge >= 0.3 is 0 Å². The first-order valence-corrected chi connectivity index (χ1v) is 7.53. The van der Waals surface area contributed by atoms with E-state index in [0.717, 1.165) is 25.1 Å². The molecule has 2 aliphatic carbocycles. The van der Waals surface area contributed by atoms with Crippen LogP contribution in [-0.4, -0.2) is 28.6 Å². The highest BCUT2D eigenvalue weighted by molar-refractivity contribution is 5.34. The van der Waals surface area contributed by atoms with Crippen LogP contribution in [0.4, 0.5) is 5.95 Å². The van der Waals surface area contributed by atoms with Crippen LogP contribution in [0, 0.1) is 5.92 Å². The first-order chi connectivity index (χ1) is 9.22. The third kappa shape index (κ3) is 3.66. The zero-order valence-corrected chi connectivity index (χ0v) is 12.0. The summed E-state index contributed by atoms with van der Waals surface area (Å²) in [6.07, 6.45) is 9.19. The third-order valence-corrected chi connectivity index (χ3v) is 3.67. The first-order valence-electron chi connectivity index (χ1n) is 7.53. The van der Waals surface area contributed by atoms with Crippen LogP contribution in [-0.2, 0) is 6.54 Å². The number of anilines is 1. The van der Waals surface area contributed by atoms with Gasteiger partial charge in [-0.05, 0) is 31.6 Å². The fourth-order valence-electron chi connectivity index (χ4n) is 2.31. The molecule has 2 fully saturated rings. The lowest BCUT2D eigenvalue weighted by atomic mass is 10.2. The summed E-state index contributed by atoms with van der Waals surface area (Å²) < 4.78 is 0. The van der Waals surface area contributed by atoms with Gasteiger partial charge in [0, 0.05) is 43.1 Å². The van der Waals surface area contributed by atoms with Crippen molar-refractivity contribution in [2.24, 2.45) is 5.92 Å². The molecule has 0 unspecified atom stereocenters. The van der Waals surface area contributed by atoms with Gasteiger partial charge in [-0.15, -0.1) is 0 Å². The van der Waals surface area contributed by atoms with E-state index in [1.165, 1.54) is 31.2 Å². The average molecular weight is 260 g/mol. The van der Waals surface area contributed by atoms with Crippen molar-refractivity contribution < 1.29 is 0 Å². The van der Waals surface area contributed by atoms with Gasteiger partial charge in [0.05, 0.1) is 0 Å². The van der Waals surface area contributed by atoms with Crippen LogP contribution in [0.25, 0.3) is 0 Å². The molecule has 1 heterocycles. The van der Waals surface area contributed by atoms with Crippen molar-refractivity contribution in [2.75, 3.05) is 11.4 Å². The number of hydrogen-bond acceptors (Lipinski definition) is 4. The summed E-state index contributed by atoms with van der Waals surface area (Å²) in [5.74, 6) is 1.56. The molecule has 0 amide bonds. The molecule has 1 N–H and O–H groups in total. The smallest absolute Gasteiger partial charge is 0.225 e. The van der Waals surface area contributed by atoms with Crippen LogP contribution in [0.3, 0.4) is 0 Å². The van der Waals surface area contributed by atoms with Crippen molar-refractivity contribution >= 4 is 5.95 Å². The molecule has 0 aliphatic heterocycles. The van der Waals surface area contributed by atoms with Crippen LogP contribution >= 0.6 is 0 Å².